The first-order valence-electron chi connectivity index (χ1n) is 5.32. The minimum Gasteiger partial charge on any atom is -0.362 e. The number of hydrogen-bond acceptors (Lipinski definition) is 5. The van der Waals surface area contributed by atoms with Gasteiger partial charge in [-0.1, -0.05) is 6.08 Å². The van der Waals surface area contributed by atoms with Crippen LogP contribution in [0.2, 0.25) is 0 Å². The van der Waals surface area contributed by atoms with E-state index in [0.29, 0.717) is 11.3 Å². The SMILES string of the molecule is O=[N+]([O-])c1ccc(/C=C2/C=CC=CN2)c([N+](=O)[O-])c1. The van der Waals surface area contributed by atoms with E-state index in [1.807, 2.05) is 0 Å². The molecule has 1 aliphatic heterocycles. The molecule has 1 heterocycles. The largest absolute Gasteiger partial charge is 0.362 e. The number of allylic oxidation sites excluding steroid dienone is 3. The van der Waals surface area contributed by atoms with Crippen molar-refractivity contribution in [1.82, 2.24) is 5.32 Å². The minimum absolute atomic E-state index is 0.300. The molecule has 0 saturated heterocycles. The number of nitro benzene ring substituents is 2. The van der Waals surface area contributed by atoms with Gasteiger partial charge in [0.15, 0.2) is 0 Å². The summed E-state index contributed by atoms with van der Waals surface area (Å²) in [7, 11) is 0. The monoisotopic (exact) mass is 259 g/mol. The molecule has 0 unspecified atom stereocenters. The van der Waals surface area contributed by atoms with Crippen molar-refractivity contribution in [2.24, 2.45) is 0 Å². The van der Waals surface area contributed by atoms with Gasteiger partial charge in [-0.15, -0.1) is 0 Å². The molecule has 1 aromatic carbocycles. The molecular formula is C12H9N3O4. The number of non-ortho nitro benzene ring substituents is 1. The maximum absolute atomic E-state index is 10.9. The normalized spacial score (nSPS) is 15.3. The summed E-state index contributed by atoms with van der Waals surface area (Å²) in [4.78, 5) is 20.3. The molecule has 0 spiro atoms. The van der Waals surface area contributed by atoms with E-state index in [0.717, 1.165) is 6.07 Å². The quantitative estimate of drug-likeness (QED) is 0.664. The molecule has 0 atom stereocenters. The van der Waals surface area contributed by atoms with Gasteiger partial charge in [-0.05, 0) is 24.3 Å². The highest BCUT2D eigenvalue weighted by Gasteiger charge is 2.18. The first-order valence-corrected chi connectivity index (χ1v) is 5.32. The van der Waals surface area contributed by atoms with Gasteiger partial charge in [0.25, 0.3) is 11.4 Å². The topological polar surface area (TPSA) is 98.3 Å². The van der Waals surface area contributed by atoms with Gasteiger partial charge in [0, 0.05) is 18.0 Å². The van der Waals surface area contributed by atoms with Crippen LogP contribution in [0.15, 0.2) is 48.3 Å². The summed E-state index contributed by atoms with van der Waals surface area (Å²) in [6, 6.07) is 3.55. The average molecular weight is 259 g/mol. The van der Waals surface area contributed by atoms with Crippen LogP contribution in [0.5, 0.6) is 0 Å². The lowest BCUT2D eigenvalue weighted by atomic mass is 10.1. The molecule has 7 heteroatoms. The second-order valence-corrected chi connectivity index (χ2v) is 3.72. The van der Waals surface area contributed by atoms with Crippen LogP contribution in [0.3, 0.4) is 0 Å². The zero-order valence-electron chi connectivity index (χ0n) is 9.65. The Kier molecular flexibility index (Phi) is 3.37. The number of dihydropyridines is 1. The van der Waals surface area contributed by atoms with E-state index in [1.165, 1.54) is 12.1 Å². The summed E-state index contributed by atoms with van der Waals surface area (Å²) in [5.74, 6) is 0. The Labute approximate surface area is 107 Å². The van der Waals surface area contributed by atoms with Crippen molar-refractivity contribution in [3.05, 3.63) is 74.1 Å². The molecular weight excluding hydrogens is 250 g/mol. The lowest BCUT2D eigenvalue weighted by molar-refractivity contribution is -0.394. The van der Waals surface area contributed by atoms with Crippen LogP contribution >= 0.6 is 0 Å². The van der Waals surface area contributed by atoms with E-state index >= 15 is 0 Å². The predicted octanol–water partition coefficient (Wildman–Crippen LogP) is 2.52. The molecule has 7 nitrogen and oxygen atoms in total. The van der Waals surface area contributed by atoms with Crippen LogP contribution in [0.4, 0.5) is 11.4 Å². The van der Waals surface area contributed by atoms with E-state index in [-0.39, 0.29) is 11.4 Å². The molecule has 0 fully saturated rings. The van der Waals surface area contributed by atoms with Gasteiger partial charge in [-0.3, -0.25) is 20.2 Å². The fourth-order valence-corrected chi connectivity index (χ4v) is 1.59. The Morgan fingerprint density at radius 1 is 1.11 bits per heavy atom. The molecule has 2 rings (SSSR count). The Morgan fingerprint density at radius 2 is 1.89 bits per heavy atom. The Bertz CT molecular complexity index is 632. The van der Waals surface area contributed by atoms with E-state index in [9.17, 15) is 20.2 Å². The van der Waals surface area contributed by atoms with E-state index < -0.39 is 9.85 Å². The van der Waals surface area contributed by atoms with Crippen LogP contribution in [-0.4, -0.2) is 9.85 Å². The standard InChI is InChI=1S/C12H9N3O4/c16-14(17)11-5-4-9(12(8-11)15(18)19)7-10-3-1-2-6-13-10/h1-8,13H/b10-7-. The molecule has 0 saturated carbocycles. The second kappa shape index (κ2) is 5.13. The molecule has 19 heavy (non-hydrogen) atoms. The third kappa shape index (κ3) is 2.83. The highest BCUT2D eigenvalue weighted by Crippen LogP contribution is 2.26. The Hall–Kier alpha value is -2.96. The van der Waals surface area contributed by atoms with Crippen LogP contribution in [-0.2, 0) is 0 Å². The maximum atomic E-state index is 10.9. The average Bonchev–Trinajstić information content (AvgIpc) is 2.39. The third-order valence-corrected chi connectivity index (χ3v) is 2.47. The highest BCUT2D eigenvalue weighted by molar-refractivity contribution is 5.67. The lowest BCUT2D eigenvalue weighted by Crippen LogP contribution is -2.04. The van der Waals surface area contributed by atoms with Gasteiger partial charge in [-0.2, -0.15) is 0 Å². The lowest BCUT2D eigenvalue weighted by Gasteiger charge is -2.05. The number of benzene rings is 1. The van der Waals surface area contributed by atoms with Crippen molar-refractivity contribution in [1.29, 1.82) is 0 Å². The van der Waals surface area contributed by atoms with Crippen LogP contribution in [0.25, 0.3) is 6.08 Å². The smallest absolute Gasteiger partial charge is 0.283 e. The van der Waals surface area contributed by atoms with Crippen molar-refractivity contribution in [2.75, 3.05) is 0 Å². The summed E-state index contributed by atoms with van der Waals surface area (Å²) >= 11 is 0. The summed E-state index contributed by atoms with van der Waals surface area (Å²) < 4.78 is 0. The van der Waals surface area contributed by atoms with E-state index in [2.05, 4.69) is 5.32 Å². The molecule has 0 radical (unpaired) electrons. The Balaban J connectivity index is 2.45. The van der Waals surface area contributed by atoms with Gasteiger partial charge in [0.1, 0.15) is 0 Å². The summed E-state index contributed by atoms with van der Waals surface area (Å²) in [5.41, 5.74) is 0.366. The van der Waals surface area contributed by atoms with Gasteiger partial charge in [0.05, 0.1) is 21.5 Å². The maximum Gasteiger partial charge on any atom is 0.283 e. The fourth-order valence-electron chi connectivity index (χ4n) is 1.59. The number of nitrogens with one attached hydrogen (secondary N) is 1. The zero-order chi connectivity index (χ0) is 13.8. The van der Waals surface area contributed by atoms with Gasteiger partial charge in [-0.25, -0.2) is 0 Å². The van der Waals surface area contributed by atoms with Gasteiger partial charge in [0.2, 0.25) is 0 Å². The van der Waals surface area contributed by atoms with E-state index in [4.69, 9.17) is 0 Å². The second-order valence-electron chi connectivity index (χ2n) is 3.72. The minimum atomic E-state index is -0.661. The molecule has 1 aliphatic rings. The highest BCUT2D eigenvalue weighted by atomic mass is 16.6. The number of nitrogens with zero attached hydrogens (tertiary/aromatic N) is 2. The molecule has 0 aromatic heterocycles. The molecule has 0 amide bonds. The van der Waals surface area contributed by atoms with Crippen molar-refractivity contribution in [3.8, 4) is 0 Å². The molecule has 0 bridgehead atoms. The van der Waals surface area contributed by atoms with Crippen LogP contribution in [0, 0.1) is 20.2 Å². The van der Waals surface area contributed by atoms with Gasteiger partial charge < -0.3 is 5.32 Å². The van der Waals surface area contributed by atoms with Crippen molar-refractivity contribution >= 4 is 17.5 Å². The first-order chi connectivity index (χ1) is 9.08. The summed E-state index contributed by atoms with van der Waals surface area (Å²) in [6.07, 6.45) is 8.54. The molecule has 96 valence electrons. The van der Waals surface area contributed by atoms with Crippen molar-refractivity contribution < 1.29 is 9.85 Å². The van der Waals surface area contributed by atoms with E-state index in [1.54, 1.807) is 30.5 Å². The third-order valence-electron chi connectivity index (χ3n) is 2.47. The molecule has 0 aliphatic carbocycles. The molecule has 1 N–H and O–H groups in total. The number of rotatable bonds is 3. The van der Waals surface area contributed by atoms with Crippen LogP contribution < -0.4 is 5.32 Å². The predicted molar refractivity (Wildman–Crippen MR) is 69.1 cm³/mol. The zero-order valence-corrected chi connectivity index (χ0v) is 9.65. The van der Waals surface area contributed by atoms with Crippen molar-refractivity contribution in [3.63, 3.8) is 0 Å². The van der Waals surface area contributed by atoms with Crippen LogP contribution in [0.1, 0.15) is 5.56 Å². The Morgan fingerprint density at radius 3 is 2.47 bits per heavy atom. The fraction of sp³-hybridized carbons (Fsp3) is 0. The van der Waals surface area contributed by atoms with Crippen molar-refractivity contribution in [2.45, 2.75) is 0 Å². The summed E-state index contributed by atoms with van der Waals surface area (Å²) in [6.45, 7) is 0. The van der Waals surface area contributed by atoms with Gasteiger partial charge >= 0.3 is 0 Å². The summed E-state index contributed by atoms with van der Waals surface area (Å²) in [5, 5.41) is 24.5. The number of hydrogen-bond donors (Lipinski definition) is 1. The first kappa shape index (κ1) is 12.5. The number of nitro groups is 2. The molecule has 1 aromatic rings.